The monoisotopic (exact) mass is 543 g/mol. The van der Waals surface area contributed by atoms with Crippen molar-refractivity contribution >= 4 is 47.2 Å². The quantitative estimate of drug-likeness (QED) is 0.203. The Hall–Kier alpha value is -3.62. The first-order valence-electron chi connectivity index (χ1n) is 11.5. The Labute approximate surface area is 225 Å². The molecule has 37 heavy (non-hydrogen) atoms. The minimum Gasteiger partial charge on any atom is -0.459 e. The summed E-state index contributed by atoms with van der Waals surface area (Å²) in [5.74, 6) is -0.655. The minimum absolute atomic E-state index is 0.185. The number of furan rings is 1. The van der Waals surface area contributed by atoms with E-state index in [1.807, 2.05) is 0 Å². The van der Waals surface area contributed by atoms with E-state index in [1.165, 1.54) is 18.3 Å². The predicted octanol–water partition coefficient (Wildman–Crippen LogP) is 5.72. The summed E-state index contributed by atoms with van der Waals surface area (Å²) >= 11 is 12.0. The summed E-state index contributed by atoms with van der Waals surface area (Å²) in [4.78, 5) is 37.3. The molecule has 194 valence electrons. The summed E-state index contributed by atoms with van der Waals surface area (Å²) in [5.41, 5.74) is 3.84. The van der Waals surface area contributed by atoms with E-state index < -0.39 is 23.8 Å². The lowest BCUT2D eigenvalue weighted by Gasteiger charge is -2.20. The molecule has 8 nitrogen and oxygen atoms in total. The van der Waals surface area contributed by atoms with E-state index >= 15 is 0 Å². The van der Waals surface area contributed by atoms with Gasteiger partial charge in [0.2, 0.25) is 0 Å². The fourth-order valence-electron chi connectivity index (χ4n) is 3.29. The van der Waals surface area contributed by atoms with Gasteiger partial charge in [-0.1, -0.05) is 49.2 Å². The Morgan fingerprint density at radius 2 is 1.68 bits per heavy atom. The molecule has 0 spiro atoms. The molecule has 0 radical (unpaired) electrons. The third-order valence-electron chi connectivity index (χ3n) is 5.15. The van der Waals surface area contributed by atoms with Gasteiger partial charge >= 0.3 is 5.97 Å². The molecule has 1 aromatic heterocycles. The van der Waals surface area contributed by atoms with Crippen molar-refractivity contribution in [1.82, 2.24) is 10.7 Å². The number of amides is 2. The topological polar surface area (TPSA) is 110 Å². The zero-order valence-electron chi connectivity index (χ0n) is 20.7. The van der Waals surface area contributed by atoms with Crippen LogP contribution in [0.25, 0.3) is 11.3 Å². The summed E-state index contributed by atoms with van der Waals surface area (Å²) in [6.07, 6.45) is 1.15. The lowest BCUT2D eigenvalue weighted by atomic mass is 10.0. The maximum absolute atomic E-state index is 12.7. The molecule has 0 saturated carbocycles. The SMILES string of the molecule is CC(C)OC(=O)c1ccc(-c2ccc(/C=N\NC(=O)C(NC(=O)c3ccc(Cl)cc3Cl)C(C)C)o2)cc1. The van der Waals surface area contributed by atoms with Crippen LogP contribution in [0.2, 0.25) is 10.0 Å². The van der Waals surface area contributed by atoms with Gasteiger partial charge in [-0.15, -0.1) is 0 Å². The zero-order valence-corrected chi connectivity index (χ0v) is 22.3. The number of carbonyl (C=O) groups excluding carboxylic acids is 3. The molecule has 1 unspecified atom stereocenters. The number of nitrogens with one attached hydrogen (secondary N) is 2. The van der Waals surface area contributed by atoms with E-state index in [4.69, 9.17) is 32.4 Å². The Kier molecular flexibility index (Phi) is 9.49. The average Bonchev–Trinajstić information content (AvgIpc) is 3.30. The molecule has 0 saturated heterocycles. The minimum atomic E-state index is -0.857. The largest absolute Gasteiger partial charge is 0.459 e. The Morgan fingerprint density at radius 1 is 0.973 bits per heavy atom. The number of carbonyl (C=O) groups is 3. The predicted molar refractivity (Wildman–Crippen MR) is 143 cm³/mol. The highest BCUT2D eigenvalue weighted by Gasteiger charge is 2.25. The molecule has 3 aromatic rings. The smallest absolute Gasteiger partial charge is 0.338 e. The molecular weight excluding hydrogens is 517 g/mol. The van der Waals surface area contributed by atoms with Gasteiger partial charge in [-0.2, -0.15) is 5.10 Å². The van der Waals surface area contributed by atoms with Gasteiger partial charge in [-0.05, 0) is 62.2 Å². The van der Waals surface area contributed by atoms with Gasteiger partial charge in [0.1, 0.15) is 17.6 Å². The van der Waals surface area contributed by atoms with Crippen LogP contribution in [0.5, 0.6) is 0 Å². The number of halogens is 2. The maximum atomic E-state index is 12.7. The summed E-state index contributed by atoms with van der Waals surface area (Å²) in [6.45, 7) is 7.17. The second-order valence-electron chi connectivity index (χ2n) is 8.79. The van der Waals surface area contributed by atoms with E-state index in [9.17, 15) is 14.4 Å². The van der Waals surface area contributed by atoms with Gasteiger partial charge in [0.25, 0.3) is 11.8 Å². The molecule has 0 bridgehead atoms. The highest BCUT2D eigenvalue weighted by molar-refractivity contribution is 6.36. The third kappa shape index (κ3) is 7.68. The van der Waals surface area contributed by atoms with Crippen molar-refractivity contribution in [2.75, 3.05) is 0 Å². The van der Waals surface area contributed by atoms with Crippen LogP contribution in [0.3, 0.4) is 0 Å². The van der Waals surface area contributed by atoms with Crippen LogP contribution in [-0.4, -0.2) is 36.1 Å². The van der Waals surface area contributed by atoms with Crippen molar-refractivity contribution in [3.8, 4) is 11.3 Å². The molecule has 2 aromatic carbocycles. The number of ether oxygens (including phenoxy) is 1. The second-order valence-corrected chi connectivity index (χ2v) is 9.63. The van der Waals surface area contributed by atoms with Gasteiger partial charge in [0.05, 0.1) is 28.5 Å². The van der Waals surface area contributed by atoms with Gasteiger partial charge in [0, 0.05) is 10.6 Å². The normalized spacial score (nSPS) is 12.1. The highest BCUT2D eigenvalue weighted by Crippen LogP contribution is 2.23. The van der Waals surface area contributed by atoms with E-state index in [1.54, 1.807) is 70.2 Å². The molecular formula is C27H27Cl2N3O5. The third-order valence-corrected chi connectivity index (χ3v) is 5.70. The van der Waals surface area contributed by atoms with Crippen molar-refractivity contribution in [1.29, 1.82) is 0 Å². The molecule has 2 amide bonds. The van der Waals surface area contributed by atoms with Gasteiger partial charge < -0.3 is 14.5 Å². The lowest BCUT2D eigenvalue weighted by molar-refractivity contribution is -0.123. The van der Waals surface area contributed by atoms with Gasteiger partial charge in [-0.3, -0.25) is 9.59 Å². The zero-order chi connectivity index (χ0) is 27.1. The summed E-state index contributed by atoms with van der Waals surface area (Å²) in [6, 6.07) is 13.9. The molecule has 0 aliphatic rings. The summed E-state index contributed by atoms with van der Waals surface area (Å²) in [7, 11) is 0. The molecule has 10 heteroatoms. The van der Waals surface area contributed by atoms with Crippen molar-refractivity contribution in [2.24, 2.45) is 11.0 Å². The number of hydrazone groups is 1. The fourth-order valence-corrected chi connectivity index (χ4v) is 3.78. The van der Waals surface area contributed by atoms with Gasteiger partial charge in [-0.25, -0.2) is 10.2 Å². The summed E-state index contributed by atoms with van der Waals surface area (Å²) < 4.78 is 10.9. The van der Waals surface area contributed by atoms with Crippen LogP contribution in [0.4, 0.5) is 0 Å². The Bertz CT molecular complexity index is 1300. The molecule has 1 heterocycles. The van der Waals surface area contributed by atoms with Crippen molar-refractivity contribution < 1.29 is 23.5 Å². The molecule has 1 atom stereocenters. The molecule has 0 aliphatic carbocycles. The number of hydrogen-bond acceptors (Lipinski definition) is 6. The Balaban J connectivity index is 1.61. The van der Waals surface area contributed by atoms with Crippen molar-refractivity contribution in [2.45, 2.75) is 39.8 Å². The van der Waals surface area contributed by atoms with Crippen LogP contribution < -0.4 is 10.7 Å². The number of rotatable bonds is 9. The average molecular weight is 544 g/mol. The standard InChI is InChI=1S/C27H27Cl2N3O5/c1-15(2)24(31-25(33)21-11-9-19(28)13-22(21)29)26(34)32-30-14-20-10-12-23(37-20)17-5-7-18(8-6-17)27(35)36-16(3)4/h5-16,24H,1-4H3,(H,31,33)(H,32,34)/b30-14-. The second kappa shape index (κ2) is 12.6. The van der Waals surface area contributed by atoms with Gasteiger partial charge in [0.15, 0.2) is 0 Å². The fraction of sp³-hybridized carbons (Fsp3) is 0.259. The molecule has 0 aliphatic heterocycles. The van der Waals surface area contributed by atoms with E-state index in [2.05, 4.69) is 15.8 Å². The molecule has 2 N–H and O–H groups in total. The highest BCUT2D eigenvalue weighted by atomic mass is 35.5. The van der Waals surface area contributed by atoms with E-state index in [-0.39, 0.29) is 22.6 Å². The van der Waals surface area contributed by atoms with Crippen LogP contribution >= 0.6 is 23.2 Å². The lowest BCUT2D eigenvalue weighted by Crippen LogP contribution is -2.48. The van der Waals surface area contributed by atoms with Crippen molar-refractivity contribution in [3.05, 3.63) is 81.5 Å². The van der Waals surface area contributed by atoms with Crippen LogP contribution in [0, 0.1) is 5.92 Å². The number of benzene rings is 2. The first-order chi connectivity index (χ1) is 17.5. The van der Waals surface area contributed by atoms with Crippen molar-refractivity contribution in [3.63, 3.8) is 0 Å². The summed E-state index contributed by atoms with van der Waals surface area (Å²) in [5, 5.41) is 7.22. The molecule has 3 rings (SSSR count). The number of hydrogen-bond donors (Lipinski definition) is 2. The van der Waals surface area contributed by atoms with Crippen LogP contribution in [0.1, 0.15) is 54.2 Å². The van der Waals surface area contributed by atoms with Crippen LogP contribution in [-0.2, 0) is 9.53 Å². The first kappa shape index (κ1) is 28.0. The van der Waals surface area contributed by atoms with E-state index in [0.717, 1.165) is 5.56 Å². The number of esters is 1. The Morgan fingerprint density at radius 3 is 2.30 bits per heavy atom. The molecule has 0 fully saturated rings. The maximum Gasteiger partial charge on any atom is 0.338 e. The van der Waals surface area contributed by atoms with Crippen LogP contribution in [0.15, 0.2) is 64.1 Å². The number of nitrogens with zero attached hydrogens (tertiary/aromatic N) is 1. The first-order valence-corrected chi connectivity index (χ1v) is 12.3. The van der Waals surface area contributed by atoms with E-state index in [0.29, 0.717) is 22.1 Å².